The van der Waals surface area contributed by atoms with Gasteiger partial charge in [0, 0.05) is 6.42 Å². The summed E-state index contributed by atoms with van der Waals surface area (Å²) in [7, 11) is 0. The predicted molar refractivity (Wildman–Crippen MR) is 81.8 cm³/mol. The maximum absolute atomic E-state index is 12.7. The van der Waals surface area contributed by atoms with Gasteiger partial charge in [-0.3, -0.25) is 4.79 Å². The van der Waals surface area contributed by atoms with Gasteiger partial charge < -0.3 is 4.42 Å². The zero-order chi connectivity index (χ0) is 13.9. The third-order valence-electron chi connectivity index (χ3n) is 3.26. The van der Waals surface area contributed by atoms with Gasteiger partial charge in [-0.05, 0) is 17.7 Å². The van der Waals surface area contributed by atoms with Crippen LogP contribution >= 0.6 is 0 Å². The van der Waals surface area contributed by atoms with Gasteiger partial charge in [-0.1, -0.05) is 48.5 Å². The minimum Gasteiger partial charge on any atom is -0.460 e. The van der Waals surface area contributed by atoms with Crippen molar-refractivity contribution in [2.24, 2.45) is 0 Å². The quantitative estimate of drug-likeness (QED) is 0.662. The van der Waals surface area contributed by atoms with Crippen LogP contribution in [0.4, 0.5) is 0 Å². The lowest BCUT2D eigenvalue weighted by Gasteiger charge is -2.08. The second-order valence-corrected chi connectivity index (χ2v) is 4.58. The van der Waals surface area contributed by atoms with Crippen LogP contribution in [0.5, 0.6) is 0 Å². The Morgan fingerprint density at radius 3 is 2.45 bits per heavy atom. The van der Waals surface area contributed by atoms with E-state index >= 15 is 0 Å². The standard InChI is InChI=1S/C18H14O2/c1-2-8-16-17(13-9-4-3-5-10-13)18(19)14-11-6-7-12-15(14)20-16/h2-7,9-12H,1,8H2. The molecule has 3 aromatic rings. The van der Waals surface area contributed by atoms with E-state index in [0.717, 1.165) is 5.56 Å². The highest BCUT2D eigenvalue weighted by Crippen LogP contribution is 2.24. The Labute approximate surface area is 117 Å². The molecule has 0 bridgehead atoms. The lowest BCUT2D eigenvalue weighted by atomic mass is 10.0. The van der Waals surface area contributed by atoms with Crippen molar-refractivity contribution in [1.82, 2.24) is 0 Å². The lowest BCUT2D eigenvalue weighted by molar-refractivity contribution is 0.554. The Morgan fingerprint density at radius 1 is 1.00 bits per heavy atom. The van der Waals surface area contributed by atoms with Gasteiger partial charge in [-0.25, -0.2) is 0 Å². The summed E-state index contributed by atoms with van der Waals surface area (Å²) in [5.41, 5.74) is 2.14. The van der Waals surface area contributed by atoms with Crippen molar-refractivity contribution in [1.29, 1.82) is 0 Å². The molecule has 0 radical (unpaired) electrons. The number of hydrogen-bond donors (Lipinski definition) is 0. The van der Waals surface area contributed by atoms with Crippen LogP contribution in [-0.4, -0.2) is 0 Å². The molecule has 0 N–H and O–H groups in total. The van der Waals surface area contributed by atoms with Crippen LogP contribution < -0.4 is 5.43 Å². The van der Waals surface area contributed by atoms with E-state index in [4.69, 9.17) is 4.42 Å². The Balaban J connectivity index is 2.39. The van der Waals surface area contributed by atoms with Gasteiger partial charge in [0.25, 0.3) is 0 Å². The molecular formula is C18H14O2. The van der Waals surface area contributed by atoms with Gasteiger partial charge in [0.05, 0.1) is 10.9 Å². The first kappa shape index (κ1) is 12.4. The van der Waals surface area contributed by atoms with E-state index in [9.17, 15) is 4.79 Å². The van der Waals surface area contributed by atoms with Gasteiger partial charge in [0.1, 0.15) is 11.3 Å². The van der Waals surface area contributed by atoms with E-state index in [1.807, 2.05) is 48.5 Å². The number of rotatable bonds is 3. The summed E-state index contributed by atoms with van der Waals surface area (Å²) in [6.45, 7) is 3.74. The van der Waals surface area contributed by atoms with Crippen molar-refractivity contribution >= 4 is 11.0 Å². The van der Waals surface area contributed by atoms with Gasteiger partial charge in [-0.15, -0.1) is 6.58 Å². The van der Waals surface area contributed by atoms with E-state index in [0.29, 0.717) is 28.7 Å². The first-order valence-corrected chi connectivity index (χ1v) is 6.52. The number of hydrogen-bond acceptors (Lipinski definition) is 2. The molecule has 0 fully saturated rings. The molecule has 0 spiro atoms. The van der Waals surface area contributed by atoms with E-state index < -0.39 is 0 Å². The molecule has 0 aliphatic rings. The third kappa shape index (κ3) is 2.05. The van der Waals surface area contributed by atoms with Gasteiger partial charge in [0.2, 0.25) is 5.43 Å². The van der Waals surface area contributed by atoms with Crippen molar-refractivity contribution in [3.63, 3.8) is 0 Å². The average molecular weight is 262 g/mol. The van der Waals surface area contributed by atoms with Crippen LogP contribution in [0.3, 0.4) is 0 Å². The Hall–Kier alpha value is -2.61. The van der Waals surface area contributed by atoms with Crippen LogP contribution in [0.1, 0.15) is 5.76 Å². The lowest BCUT2D eigenvalue weighted by Crippen LogP contribution is -2.08. The SMILES string of the molecule is C=CCc1oc2ccccc2c(=O)c1-c1ccccc1. The number of fused-ring (bicyclic) bond motifs is 1. The summed E-state index contributed by atoms with van der Waals surface area (Å²) in [6, 6.07) is 16.9. The maximum Gasteiger partial charge on any atom is 0.200 e. The average Bonchev–Trinajstić information content (AvgIpc) is 2.49. The molecule has 1 heterocycles. The monoisotopic (exact) mass is 262 g/mol. The molecule has 0 saturated heterocycles. The fourth-order valence-electron chi connectivity index (χ4n) is 2.36. The molecule has 0 aliphatic carbocycles. The van der Waals surface area contributed by atoms with Crippen molar-refractivity contribution in [3.05, 3.63) is 83.2 Å². The topological polar surface area (TPSA) is 30.2 Å². The van der Waals surface area contributed by atoms with E-state index in [2.05, 4.69) is 6.58 Å². The molecule has 98 valence electrons. The minimum atomic E-state index is 0.00917. The number of para-hydroxylation sites is 1. The van der Waals surface area contributed by atoms with Crippen LogP contribution in [0.2, 0.25) is 0 Å². The van der Waals surface area contributed by atoms with Crippen molar-refractivity contribution < 1.29 is 4.42 Å². The normalized spacial score (nSPS) is 10.6. The van der Waals surface area contributed by atoms with Crippen LogP contribution in [0.15, 0.2) is 76.5 Å². The highest BCUT2D eigenvalue weighted by atomic mass is 16.3. The Bertz CT molecular complexity index is 814. The molecule has 0 atom stereocenters. The summed E-state index contributed by atoms with van der Waals surface area (Å²) in [5.74, 6) is 0.662. The molecule has 0 unspecified atom stereocenters. The minimum absolute atomic E-state index is 0.00917. The summed E-state index contributed by atoms with van der Waals surface area (Å²) in [5, 5.41) is 0.610. The molecule has 3 rings (SSSR count). The Morgan fingerprint density at radius 2 is 1.70 bits per heavy atom. The van der Waals surface area contributed by atoms with Gasteiger partial charge in [0.15, 0.2) is 0 Å². The summed E-state index contributed by atoms with van der Waals surface area (Å²) >= 11 is 0. The molecular weight excluding hydrogens is 248 g/mol. The molecule has 0 amide bonds. The van der Waals surface area contributed by atoms with Gasteiger partial charge >= 0.3 is 0 Å². The zero-order valence-corrected chi connectivity index (χ0v) is 11.0. The molecule has 1 aromatic heterocycles. The first-order valence-electron chi connectivity index (χ1n) is 6.52. The van der Waals surface area contributed by atoms with Crippen molar-refractivity contribution in [3.8, 4) is 11.1 Å². The van der Waals surface area contributed by atoms with Gasteiger partial charge in [-0.2, -0.15) is 0 Å². The summed E-state index contributed by atoms with van der Waals surface area (Å²) in [6.07, 6.45) is 2.28. The molecule has 2 aromatic carbocycles. The van der Waals surface area contributed by atoms with E-state index in [1.165, 1.54) is 0 Å². The Kier molecular flexibility index (Phi) is 3.21. The zero-order valence-electron chi connectivity index (χ0n) is 11.0. The summed E-state index contributed by atoms with van der Waals surface area (Å²) < 4.78 is 5.90. The maximum atomic E-state index is 12.7. The molecule has 0 saturated carbocycles. The first-order chi connectivity index (χ1) is 9.81. The third-order valence-corrected chi connectivity index (χ3v) is 3.26. The van der Waals surface area contributed by atoms with E-state index in [-0.39, 0.29) is 5.43 Å². The van der Waals surface area contributed by atoms with E-state index in [1.54, 1.807) is 12.1 Å². The number of benzene rings is 2. The summed E-state index contributed by atoms with van der Waals surface area (Å²) in [4.78, 5) is 12.7. The molecule has 2 nitrogen and oxygen atoms in total. The van der Waals surface area contributed by atoms with Crippen LogP contribution in [0.25, 0.3) is 22.1 Å². The predicted octanol–water partition coefficient (Wildman–Crippen LogP) is 4.19. The van der Waals surface area contributed by atoms with Crippen molar-refractivity contribution in [2.45, 2.75) is 6.42 Å². The fourth-order valence-corrected chi connectivity index (χ4v) is 2.36. The molecule has 2 heteroatoms. The highest BCUT2D eigenvalue weighted by Gasteiger charge is 2.14. The molecule has 0 aliphatic heterocycles. The van der Waals surface area contributed by atoms with Crippen molar-refractivity contribution in [2.75, 3.05) is 0 Å². The van der Waals surface area contributed by atoms with Crippen LogP contribution in [-0.2, 0) is 6.42 Å². The molecule has 20 heavy (non-hydrogen) atoms. The largest absolute Gasteiger partial charge is 0.460 e. The fraction of sp³-hybridized carbons (Fsp3) is 0.0556. The van der Waals surface area contributed by atoms with Crippen LogP contribution in [0, 0.1) is 0 Å². The highest BCUT2D eigenvalue weighted by molar-refractivity contribution is 5.82. The number of allylic oxidation sites excluding steroid dienone is 1. The second kappa shape index (κ2) is 5.17. The second-order valence-electron chi connectivity index (χ2n) is 4.58. The smallest absolute Gasteiger partial charge is 0.200 e.